The smallest absolute Gasteiger partial charge is 0.320 e. The Bertz CT molecular complexity index is 1220. The van der Waals surface area contributed by atoms with E-state index >= 15 is 0 Å². The van der Waals surface area contributed by atoms with Crippen LogP contribution in [0.3, 0.4) is 0 Å². The number of hydrogen-bond donors (Lipinski definition) is 0. The number of aryl methyl sites for hydroxylation is 1. The fourth-order valence-corrected chi connectivity index (χ4v) is 3.76. The van der Waals surface area contributed by atoms with Crippen molar-refractivity contribution in [3.8, 4) is 28.8 Å². The molecule has 3 heterocycles. The molecule has 174 valence electrons. The lowest BCUT2D eigenvalue weighted by Gasteiger charge is -2.28. The van der Waals surface area contributed by atoms with E-state index < -0.39 is 0 Å². The van der Waals surface area contributed by atoms with Gasteiger partial charge in [0.05, 0.1) is 18.9 Å². The lowest BCUT2D eigenvalue weighted by molar-refractivity contribution is 0.122. The van der Waals surface area contributed by atoms with Gasteiger partial charge in [0.1, 0.15) is 24.8 Å². The average molecular weight is 458 g/mol. The summed E-state index contributed by atoms with van der Waals surface area (Å²) in [4.78, 5) is 11.4. The molecule has 0 atom stereocenters. The summed E-state index contributed by atoms with van der Waals surface area (Å²) >= 11 is 0. The van der Waals surface area contributed by atoms with E-state index in [2.05, 4.69) is 40.0 Å². The van der Waals surface area contributed by atoms with E-state index in [1.807, 2.05) is 54.7 Å². The first-order chi connectivity index (χ1) is 16.7. The van der Waals surface area contributed by atoms with Crippen LogP contribution < -0.4 is 14.4 Å². The second-order valence-electron chi connectivity index (χ2n) is 7.99. The van der Waals surface area contributed by atoms with Crippen molar-refractivity contribution >= 4 is 5.82 Å². The third-order valence-corrected chi connectivity index (χ3v) is 5.48. The zero-order chi connectivity index (χ0) is 23.2. The van der Waals surface area contributed by atoms with Crippen molar-refractivity contribution in [3.63, 3.8) is 0 Å². The number of para-hydroxylation sites is 1. The monoisotopic (exact) mass is 457 g/mol. The van der Waals surface area contributed by atoms with Crippen LogP contribution in [-0.4, -0.2) is 59.3 Å². The Morgan fingerprint density at radius 1 is 0.853 bits per heavy atom. The molecule has 0 bridgehead atoms. The molecule has 1 aliphatic rings. The molecule has 0 aliphatic carbocycles. The summed E-state index contributed by atoms with van der Waals surface area (Å²) in [6, 6.07) is 22.2. The lowest BCUT2D eigenvalue weighted by Crippen LogP contribution is -2.37. The summed E-state index contributed by atoms with van der Waals surface area (Å²) in [6.45, 7) is 5.66. The van der Waals surface area contributed by atoms with Crippen molar-refractivity contribution < 1.29 is 14.2 Å². The molecule has 0 saturated carbocycles. The SMILES string of the molecule is Cc1cccc(-c2ccn(-c3cc(N4CCOCC4)nc(OCCOc4ccccc4)n3)n2)c1. The largest absolute Gasteiger partial charge is 0.490 e. The van der Waals surface area contributed by atoms with Crippen LogP contribution in [0.15, 0.2) is 72.9 Å². The van der Waals surface area contributed by atoms with Gasteiger partial charge in [0.15, 0.2) is 5.82 Å². The molecular formula is C26H27N5O3. The van der Waals surface area contributed by atoms with Crippen LogP contribution in [0.1, 0.15) is 5.56 Å². The number of morpholine rings is 1. The molecule has 0 radical (unpaired) electrons. The molecule has 5 rings (SSSR count). The van der Waals surface area contributed by atoms with Gasteiger partial charge in [-0.15, -0.1) is 0 Å². The van der Waals surface area contributed by atoms with Crippen LogP contribution in [-0.2, 0) is 4.74 Å². The van der Waals surface area contributed by atoms with Gasteiger partial charge in [0.25, 0.3) is 0 Å². The van der Waals surface area contributed by atoms with Gasteiger partial charge in [0, 0.05) is 30.9 Å². The first-order valence-electron chi connectivity index (χ1n) is 11.4. The van der Waals surface area contributed by atoms with Crippen LogP contribution in [0.4, 0.5) is 5.82 Å². The molecule has 34 heavy (non-hydrogen) atoms. The molecule has 1 saturated heterocycles. The predicted octanol–water partition coefficient (Wildman–Crippen LogP) is 3.93. The summed E-state index contributed by atoms with van der Waals surface area (Å²) in [5.41, 5.74) is 3.14. The standard InChI is InChI=1S/C26H27N5O3/c1-20-6-5-7-21(18-20)23-10-11-31(29-23)25-19-24(30-12-14-32-15-13-30)27-26(28-25)34-17-16-33-22-8-3-2-4-9-22/h2-11,18-19H,12-17H2,1H3. The highest BCUT2D eigenvalue weighted by atomic mass is 16.5. The second kappa shape index (κ2) is 10.4. The summed E-state index contributed by atoms with van der Waals surface area (Å²) in [6.07, 6.45) is 1.91. The Morgan fingerprint density at radius 3 is 2.47 bits per heavy atom. The second-order valence-corrected chi connectivity index (χ2v) is 7.99. The highest BCUT2D eigenvalue weighted by molar-refractivity contribution is 5.60. The number of benzene rings is 2. The fraction of sp³-hybridized carbons (Fsp3) is 0.269. The molecule has 8 nitrogen and oxygen atoms in total. The van der Waals surface area contributed by atoms with Crippen LogP contribution in [0.2, 0.25) is 0 Å². The molecule has 2 aromatic carbocycles. The van der Waals surface area contributed by atoms with Crippen molar-refractivity contribution in [1.82, 2.24) is 19.7 Å². The van der Waals surface area contributed by atoms with E-state index in [4.69, 9.17) is 19.3 Å². The fourth-order valence-electron chi connectivity index (χ4n) is 3.76. The average Bonchev–Trinajstić information content (AvgIpc) is 3.38. The summed E-state index contributed by atoms with van der Waals surface area (Å²) in [7, 11) is 0. The van der Waals surface area contributed by atoms with Gasteiger partial charge in [-0.1, -0.05) is 42.0 Å². The summed E-state index contributed by atoms with van der Waals surface area (Å²) < 4.78 is 18.9. The highest BCUT2D eigenvalue weighted by Gasteiger charge is 2.17. The van der Waals surface area contributed by atoms with E-state index in [9.17, 15) is 0 Å². The summed E-state index contributed by atoms with van der Waals surface area (Å²) in [5, 5.41) is 4.76. The minimum absolute atomic E-state index is 0.295. The van der Waals surface area contributed by atoms with Gasteiger partial charge >= 0.3 is 6.01 Å². The molecule has 0 amide bonds. The lowest BCUT2D eigenvalue weighted by atomic mass is 10.1. The maximum absolute atomic E-state index is 5.88. The Labute approximate surface area is 198 Å². The zero-order valence-electron chi connectivity index (χ0n) is 19.1. The van der Waals surface area contributed by atoms with Crippen LogP contribution in [0.25, 0.3) is 17.1 Å². The molecule has 8 heteroatoms. The molecule has 0 unspecified atom stereocenters. The highest BCUT2D eigenvalue weighted by Crippen LogP contribution is 2.23. The molecule has 1 aliphatic heterocycles. The maximum Gasteiger partial charge on any atom is 0.320 e. The van der Waals surface area contributed by atoms with Crippen LogP contribution in [0.5, 0.6) is 11.8 Å². The van der Waals surface area contributed by atoms with Gasteiger partial charge < -0.3 is 19.1 Å². The third-order valence-electron chi connectivity index (χ3n) is 5.48. The van der Waals surface area contributed by atoms with Gasteiger partial charge in [0.2, 0.25) is 0 Å². The van der Waals surface area contributed by atoms with Crippen molar-refractivity contribution in [1.29, 1.82) is 0 Å². The zero-order valence-corrected chi connectivity index (χ0v) is 19.1. The van der Waals surface area contributed by atoms with E-state index in [-0.39, 0.29) is 0 Å². The van der Waals surface area contributed by atoms with Crippen molar-refractivity contribution in [2.75, 3.05) is 44.4 Å². The van der Waals surface area contributed by atoms with Crippen LogP contribution >= 0.6 is 0 Å². The van der Waals surface area contributed by atoms with Gasteiger partial charge in [-0.3, -0.25) is 0 Å². The Morgan fingerprint density at radius 2 is 1.65 bits per heavy atom. The quantitative estimate of drug-likeness (QED) is 0.371. The number of nitrogens with zero attached hydrogens (tertiary/aromatic N) is 5. The maximum atomic E-state index is 5.88. The number of ether oxygens (including phenoxy) is 3. The predicted molar refractivity (Wildman–Crippen MR) is 130 cm³/mol. The van der Waals surface area contributed by atoms with E-state index in [0.29, 0.717) is 38.3 Å². The van der Waals surface area contributed by atoms with Crippen LogP contribution in [0, 0.1) is 6.92 Å². The van der Waals surface area contributed by atoms with E-state index in [1.165, 1.54) is 5.56 Å². The first kappa shape index (κ1) is 21.9. The Hall–Kier alpha value is -3.91. The minimum Gasteiger partial charge on any atom is -0.490 e. The van der Waals surface area contributed by atoms with Gasteiger partial charge in [-0.05, 0) is 31.2 Å². The van der Waals surface area contributed by atoms with Crippen molar-refractivity contribution in [2.45, 2.75) is 6.92 Å². The summed E-state index contributed by atoms with van der Waals surface area (Å²) in [5.74, 6) is 2.24. The molecule has 0 spiro atoms. The first-order valence-corrected chi connectivity index (χ1v) is 11.4. The Kier molecular flexibility index (Phi) is 6.67. The Balaban J connectivity index is 1.36. The molecule has 0 N–H and O–H groups in total. The molecule has 4 aromatic rings. The normalized spacial score (nSPS) is 13.6. The number of aromatic nitrogens is 4. The minimum atomic E-state index is 0.295. The topological polar surface area (TPSA) is 74.5 Å². The molecular weight excluding hydrogens is 430 g/mol. The van der Waals surface area contributed by atoms with Gasteiger partial charge in [-0.25, -0.2) is 4.68 Å². The number of rotatable bonds is 8. The van der Waals surface area contributed by atoms with E-state index in [1.54, 1.807) is 4.68 Å². The van der Waals surface area contributed by atoms with Crippen molar-refractivity contribution in [3.05, 3.63) is 78.5 Å². The number of anilines is 1. The third kappa shape index (κ3) is 5.35. The van der Waals surface area contributed by atoms with E-state index in [0.717, 1.165) is 35.9 Å². The number of hydrogen-bond acceptors (Lipinski definition) is 7. The van der Waals surface area contributed by atoms with Crippen molar-refractivity contribution in [2.24, 2.45) is 0 Å². The molecule has 1 fully saturated rings. The molecule has 2 aromatic heterocycles. The van der Waals surface area contributed by atoms with Gasteiger partial charge in [-0.2, -0.15) is 15.1 Å².